The van der Waals surface area contributed by atoms with Gasteiger partial charge in [-0.1, -0.05) is 0 Å². The van der Waals surface area contributed by atoms with E-state index in [1.165, 1.54) is 0 Å². The number of hydrogen-bond acceptors (Lipinski definition) is 4. The van der Waals surface area contributed by atoms with Gasteiger partial charge in [0.2, 0.25) is 0 Å². The van der Waals surface area contributed by atoms with E-state index in [4.69, 9.17) is 5.11 Å². The molecule has 2 heterocycles. The Morgan fingerprint density at radius 2 is 2.00 bits per heavy atom. The second kappa shape index (κ2) is 4.54. The van der Waals surface area contributed by atoms with Crippen molar-refractivity contribution in [2.75, 3.05) is 0 Å². The van der Waals surface area contributed by atoms with Gasteiger partial charge in [-0.05, 0) is 42.8 Å². The third kappa shape index (κ3) is 2.23. The summed E-state index contributed by atoms with van der Waals surface area (Å²) in [6, 6.07) is 1.75. The molecule has 6 heteroatoms. The van der Waals surface area contributed by atoms with Crippen LogP contribution in [-0.4, -0.2) is 24.9 Å². The highest BCUT2D eigenvalue weighted by molar-refractivity contribution is 9.10. The first kappa shape index (κ1) is 12.2. The summed E-state index contributed by atoms with van der Waals surface area (Å²) in [6.45, 7) is 5.62. The number of halogens is 1. The van der Waals surface area contributed by atoms with Gasteiger partial charge < -0.3 is 5.11 Å². The van der Waals surface area contributed by atoms with Crippen molar-refractivity contribution in [2.45, 2.75) is 27.4 Å². The lowest BCUT2D eigenvalue weighted by atomic mass is 10.3. The average molecular weight is 297 g/mol. The van der Waals surface area contributed by atoms with E-state index in [1.807, 2.05) is 20.8 Å². The van der Waals surface area contributed by atoms with Crippen LogP contribution in [0.5, 0.6) is 0 Å². The van der Waals surface area contributed by atoms with Crippen LogP contribution in [0.3, 0.4) is 0 Å². The molecule has 90 valence electrons. The zero-order valence-electron chi connectivity index (χ0n) is 9.90. The molecule has 2 aromatic heterocycles. The summed E-state index contributed by atoms with van der Waals surface area (Å²) in [5.41, 5.74) is 3.23. The first-order valence-corrected chi connectivity index (χ1v) is 5.99. The van der Waals surface area contributed by atoms with Gasteiger partial charge in [-0.25, -0.2) is 14.6 Å². The summed E-state index contributed by atoms with van der Waals surface area (Å²) in [4.78, 5) is 8.58. The Hall–Kier alpha value is -1.27. The fraction of sp³-hybridized carbons (Fsp3) is 0.364. The number of rotatable bonds is 2. The molecule has 0 radical (unpaired) electrons. The molecule has 2 rings (SSSR count). The van der Waals surface area contributed by atoms with Crippen molar-refractivity contribution in [2.24, 2.45) is 0 Å². The Bertz CT molecular complexity index is 565. The molecule has 5 nitrogen and oxygen atoms in total. The highest BCUT2D eigenvalue weighted by Crippen LogP contribution is 2.21. The minimum absolute atomic E-state index is 0.100. The molecule has 0 amide bonds. The molecule has 17 heavy (non-hydrogen) atoms. The minimum Gasteiger partial charge on any atom is -0.390 e. The van der Waals surface area contributed by atoms with E-state index in [9.17, 15) is 0 Å². The Kier molecular flexibility index (Phi) is 3.26. The van der Waals surface area contributed by atoms with Crippen LogP contribution in [-0.2, 0) is 6.61 Å². The lowest BCUT2D eigenvalue weighted by Crippen LogP contribution is -2.08. The van der Waals surface area contributed by atoms with E-state index in [0.29, 0.717) is 11.6 Å². The van der Waals surface area contributed by atoms with E-state index < -0.39 is 0 Å². The molecule has 1 N–H and O–H groups in total. The van der Waals surface area contributed by atoms with E-state index in [0.717, 1.165) is 21.6 Å². The number of aliphatic hydroxyl groups excluding tert-OH is 1. The molecule has 0 saturated carbocycles. The maximum atomic E-state index is 9.13. The zero-order chi connectivity index (χ0) is 12.6. The third-order valence-corrected chi connectivity index (χ3v) is 3.60. The van der Waals surface area contributed by atoms with Crippen LogP contribution in [0.2, 0.25) is 0 Å². The highest BCUT2D eigenvalue weighted by atomic mass is 79.9. The molecular formula is C11H13BrN4O. The molecule has 0 spiro atoms. The van der Waals surface area contributed by atoms with Crippen molar-refractivity contribution >= 4 is 15.9 Å². The lowest BCUT2D eigenvalue weighted by Gasteiger charge is -2.05. The molecule has 0 aromatic carbocycles. The number of hydrogen-bond donors (Lipinski definition) is 1. The van der Waals surface area contributed by atoms with Gasteiger partial charge in [0, 0.05) is 5.69 Å². The Balaban J connectivity index is 2.59. The first-order valence-electron chi connectivity index (χ1n) is 5.20. The minimum atomic E-state index is -0.100. The van der Waals surface area contributed by atoms with Gasteiger partial charge in [0.1, 0.15) is 0 Å². The van der Waals surface area contributed by atoms with Crippen molar-refractivity contribution in [1.29, 1.82) is 0 Å². The first-order chi connectivity index (χ1) is 8.02. The van der Waals surface area contributed by atoms with Crippen LogP contribution in [0, 0.1) is 20.8 Å². The summed E-state index contributed by atoms with van der Waals surface area (Å²) in [7, 11) is 0. The molecule has 0 bridgehead atoms. The molecule has 2 aromatic rings. The van der Waals surface area contributed by atoms with Crippen molar-refractivity contribution in [3.8, 4) is 5.95 Å². The maximum absolute atomic E-state index is 9.13. The predicted molar refractivity (Wildman–Crippen MR) is 67.0 cm³/mol. The van der Waals surface area contributed by atoms with Gasteiger partial charge in [-0.3, -0.25) is 0 Å². The molecule has 0 aliphatic rings. The molecule has 0 fully saturated rings. The fourth-order valence-electron chi connectivity index (χ4n) is 1.61. The largest absolute Gasteiger partial charge is 0.390 e. The van der Waals surface area contributed by atoms with Crippen molar-refractivity contribution in [3.63, 3.8) is 0 Å². The van der Waals surface area contributed by atoms with Crippen LogP contribution in [0.4, 0.5) is 0 Å². The fourth-order valence-corrected chi connectivity index (χ4v) is 1.86. The zero-order valence-corrected chi connectivity index (χ0v) is 11.5. The number of aryl methyl sites for hydroxylation is 2. The summed E-state index contributed by atoms with van der Waals surface area (Å²) in [5, 5.41) is 13.5. The average Bonchev–Trinajstić information content (AvgIpc) is 2.56. The summed E-state index contributed by atoms with van der Waals surface area (Å²) >= 11 is 3.46. The Labute approximate surface area is 108 Å². The van der Waals surface area contributed by atoms with Gasteiger partial charge in [0.15, 0.2) is 0 Å². The SMILES string of the molecule is Cc1cc(CO)nc(-n2nc(C)c(Br)c2C)n1. The topological polar surface area (TPSA) is 63.8 Å². The number of aliphatic hydroxyl groups is 1. The van der Waals surface area contributed by atoms with Crippen molar-refractivity contribution < 1.29 is 5.11 Å². The van der Waals surface area contributed by atoms with E-state index in [-0.39, 0.29) is 6.61 Å². The maximum Gasteiger partial charge on any atom is 0.251 e. The summed E-state index contributed by atoms with van der Waals surface area (Å²) in [5.74, 6) is 0.486. The molecule has 0 aliphatic heterocycles. The predicted octanol–water partition coefficient (Wildman–Crippen LogP) is 1.84. The van der Waals surface area contributed by atoms with Crippen molar-refractivity contribution in [3.05, 3.63) is 33.3 Å². The van der Waals surface area contributed by atoms with E-state index in [1.54, 1.807) is 10.7 Å². The van der Waals surface area contributed by atoms with E-state index in [2.05, 4.69) is 31.0 Å². The monoisotopic (exact) mass is 296 g/mol. The second-order valence-electron chi connectivity index (χ2n) is 3.86. The van der Waals surface area contributed by atoms with Gasteiger partial charge >= 0.3 is 0 Å². The van der Waals surface area contributed by atoms with Gasteiger partial charge in [-0.2, -0.15) is 5.10 Å². The Morgan fingerprint density at radius 3 is 2.53 bits per heavy atom. The highest BCUT2D eigenvalue weighted by Gasteiger charge is 2.13. The van der Waals surface area contributed by atoms with Crippen LogP contribution in [0.1, 0.15) is 22.8 Å². The third-order valence-electron chi connectivity index (χ3n) is 2.45. The van der Waals surface area contributed by atoms with E-state index >= 15 is 0 Å². The lowest BCUT2D eigenvalue weighted by molar-refractivity contribution is 0.276. The number of aromatic nitrogens is 4. The summed E-state index contributed by atoms with van der Waals surface area (Å²) < 4.78 is 2.62. The van der Waals surface area contributed by atoms with Crippen LogP contribution < -0.4 is 0 Å². The van der Waals surface area contributed by atoms with Crippen LogP contribution in [0.15, 0.2) is 10.5 Å². The molecule has 0 aliphatic carbocycles. The second-order valence-corrected chi connectivity index (χ2v) is 4.65. The van der Waals surface area contributed by atoms with Crippen LogP contribution in [0.25, 0.3) is 5.95 Å². The quantitative estimate of drug-likeness (QED) is 0.918. The van der Waals surface area contributed by atoms with Crippen molar-refractivity contribution in [1.82, 2.24) is 19.7 Å². The van der Waals surface area contributed by atoms with Gasteiger partial charge in [0.05, 0.1) is 28.2 Å². The van der Waals surface area contributed by atoms with Gasteiger partial charge in [-0.15, -0.1) is 0 Å². The number of nitrogens with zero attached hydrogens (tertiary/aromatic N) is 4. The van der Waals surface area contributed by atoms with Gasteiger partial charge in [0.25, 0.3) is 5.95 Å². The molecular weight excluding hydrogens is 284 g/mol. The Morgan fingerprint density at radius 1 is 1.29 bits per heavy atom. The standard InChI is InChI=1S/C11H13BrN4O/c1-6-4-9(5-17)14-11(13-6)16-8(3)10(12)7(2)15-16/h4,17H,5H2,1-3H3. The molecule has 0 unspecified atom stereocenters. The molecule has 0 atom stereocenters. The normalized spacial score (nSPS) is 10.9. The van der Waals surface area contributed by atoms with Crippen LogP contribution >= 0.6 is 15.9 Å². The summed E-state index contributed by atoms with van der Waals surface area (Å²) in [6.07, 6.45) is 0. The molecule has 0 saturated heterocycles. The smallest absolute Gasteiger partial charge is 0.251 e.